The van der Waals surface area contributed by atoms with E-state index in [0.717, 1.165) is 19.5 Å². The number of methoxy groups -OCH3 is 1. The quantitative estimate of drug-likeness (QED) is 0.386. The number of aliphatic hydroxyl groups excluding tert-OH is 1. The number of aliphatic hydroxyl groups is 1. The van der Waals surface area contributed by atoms with Gasteiger partial charge in [-0.3, -0.25) is 0 Å². The number of ether oxygens (including phenoxy) is 2. The van der Waals surface area contributed by atoms with Gasteiger partial charge in [0.25, 0.3) is 0 Å². The largest absolute Gasteiger partial charge is 0.396 e. The third-order valence-corrected chi connectivity index (χ3v) is 2.91. The van der Waals surface area contributed by atoms with Gasteiger partial charge in [0.15, 0.2) is 0 Å². The Morgan fingerprint density at radius 3 is 2.59 bits per heavy atom. The molecule has 0 aromatic heterocycles. The summed E-state index contributed by atoms with van der Waals surface area (Å²) in [5.41, 5.74) is -0.231. The van der Waals surface area contributed by atoms with Gasteiger partial charge in [-0.1, -0.05) is 0 Å². The minimum atomic E-state index is -0.231. The predicted molar refractivity (Wildman–Crippen MR) is 72.3 cm³/mol. The maximum absolute atomic E-state index is 8.66. The topological polar surface area (TPSA) is 62.8 Å². The molecule has 0 saturated heterocycles. The second kappa shape index (κ2) is 10.2. The molecule has 5 nitrogen and oxygen atoms in total. The molecule has 0 aliphatic heterocycles. The Labute approximate surface area is 113 Å². The molecule has 0 aliphatic rings. The molecule has 0 heterocycles. The molecular formula is C11H25BrN2O3. The molecule has 0 spiro atoms. The van der Waals surface area contributed by atoms with Crippen molar-refractivity contribution < 1.29 is 14.6 Å². The summed E-state index contributed by atoms with van der Waals surface area (Å²) in [6.45, 7) is 7.04. The van der Waals surface area contributed by atoms with Crippen LogP contribution in [0.3, 0.4) is 0 Å². The monoisotopic (exact) mass is 312 g/mol. The summed E-state index contributed by atoms with van der Waals surface area (Å²) < 4.78 is 13.8. The average molecular weight is 313 g/mol. The highest BCUT2D eigenvalue weighted by Crippen LogP contribution is 2.08. The van der Waals surface area contributed by atoms with Crippen molar-refractivity contribution in [3.05, 3.63) is 0 Å². The van der Waals surface area contributed by atoms with Crippen LogP contribution in [0.15, 0.2) is 0 Å². The Kier molecular flexibility index (Phi) is 10.4. The van der Waals surface area contributed by atoms with Gasteiger partial charge in [0.05, 0.1) is 24.9 Å². The molecule has 0 bridgehead atoms. The molecule has 0 aromatic rings. The lowest BCUT2D eigenvalue weighted by atomic mass is 10.1. The highest BCUT2D eigenvalue weighted by atomic mass is 79.9. The van der Waals surface area contributed by atoms with Crippen molar-refractivity contribution in [2.24, 2.45) is 0 Å². The van der Waals surface area contributed by atoms with Crippen molar-refractivity contribution in [3.8, 4) is 0 Å². The standard InChI is InChI=1S/C11H25BrN2O3/c1-11(2,9-13-5-4-6-15)17-8-10(14-12)7-16-3/h10,13-15H,4-9H2,1-3H3. The van der Waals surface area contributed by atoms with Gasteiger partial charge >= 0.3 is 0 Å². The first-order chi connectivity index (χ1) is 8.05. The maximum atomic E-state index is 8.66. The molecule has 0 saturated carbocycles. The summed E-state index contributed by atoms with van der Waals surface area (Å²) in [4.78, 5) is 0. The Bertz CT molecular complexity index is 182. The summed E-state index contributed by atoms with van der Waals surface area (Å²) in [5.74, 6) is 0. The van der Waals surface area contributed by atoms with Crippen LogP contribution in [-0.4, -0.2) is 56.8 Å². The summed E-state index contributed by atoms with van der Waals surface area (Å²) >= 11 is 3.20. The first-order valence-electron chi connectivity index (χ1n) is 5.86. The van der Waals surface area contributed by atoms with Gasteiger partial charge < -0.3 is 19.9 Å². The molecule has 3 N–H and O–H groups in total. The average Bonchev–Trinajstić information content (AvgIpc) is 2.30. The van der Waals surface area contributed by atoms with Crippen molar-refractivity contribution in [2.75, 3.05) is 40.0 Å². The molecule has 104 valence electrons. The molecule has 0 aromatic carbocycles. The normalized spacial score (nSPS) is 13.9. The maximum Gasteiger partial charge on any atom is 0.0751 e. The van der Waals surface area contributed by atoms with Gasteiger partial charge in [0.2, 0.25) is 0 Å². The Hall–Kier alpha value is 0.280. The molecular weight excluding hydrogens is 288 g/mol. The molecule has 0 rings (SSSR count). The minimum Gasteiger partial charge on any atom is -0.396 e. The number of rotatable bonds is 11. The lowest BCUT2D eigenvalue weighted by molar-refractivity contribution is -0.0319. The van der Waals surface area contributed by atoms with Crippen molar-refractivity contribution in [3.63, 3.8) is 0 Å². The first kappa shape index (κ1) is 17.3. The highest BCUT2D eigenvalue weighted by Gasteiger charge is 2.19. The number of nitrogens with one attached hydrogen (secondary N) is 2. The van der Waals surface area contributed by atoms with Crippen LogP contribution in [-0.2, 0) is 9.47 Å². The van der Waals surface area contributed by atoms with Gasteiger partial charge in [-0.2, -0.15) is 0 Å². The fourth-order valence-corrected chi connectivity index (χ4v) is 1.55. The third-order valence-electron chi connectivity index (χ3n) is 2.26. The Balaban J connectivity index is 3.74. The summed E-state index contributed by atoms with van der Waals surface area (Å²) in [6.07, 6.45) is 0.769. The highest BCUT2D eigenvalue weighted by molar-refractivity contribution is 9.08. The zero-order valence-corrected chi connectivity index (χ0v) is 12.5. The zero-order valence-electron chi connectivity index (χ0n) is 11.0. The van der Waals surface area contributed by atoms with Crippen LogP contribution in [0.1, 0.15) is 20.3 Å². The van der Waals surface area contributed by atoms with E-state index in [1.54, 1.807) is 7.11 Å². The van der Waals surface area contributed by atoms with Gasteiger partial charge in [-0.25, -0.2) is 4.34 Å². The van der Waals surface area contributed by atoms with Crippen molar-refractivity contribution >= 4 is 16.1 Å². The third kappa shape index (κ3) is 9.93. The zero-order chi connectivity index (χ0) is 13.1. The minimum absolute atomic E-state index is 0.136. The summed E-state index contributed by atoms with van der Waals surface area (Å²) in [6, 6.07) is 0.136. The molecule has 1 unspecified atom stereocenters. The van der Waals surface area contributed by atoms with Crippen molar-refractivity contribution in [1.29, 1.82) is 0 Å². The first-order valence-corrected chi connectivity index (χ1v) is 6.65. The predicted octanol–water partition coefficient (Wildman–Crippen LogP) is 0.668. The molecule has 0 aliphatic carbocycles. The van der Waals surface area contributed by atoms with Crippen molar-refractivity contribution in [2.45, 2.75) is 31.9 Å². The van der Waals surface area contributed by atoms with Crippen LogP contribution in [0.2, 0.25) is 0 Å². The van der Waals surface area contributed by atoms with Crippen LogP contribution in [0, 0.1) is 0 Å². The smallest absolute Gasteiger partial charge is 0.0751 e. The summed E-state index contributed by atoms with van der Waals surface area (Å²) in [5, 5.41) is 11.9. The molecule has 0 radical (unpaired) electrons. The molecule has 6 heteroatoms. The molecule has 0 amide bonds. The molecule has 0 fully saturated rings. The number of hydrogen-bond donors (Lipinski definition) is 3. The Morgan fingerprint density at radius 2 is 2.06 bits per heavy atom. The van der Waals surface area contributed by atoms with Gasteiger partial charge in [-0.05, 0) is 26.8 Å². The SMILES string of the molecule is COCC(COC(C)(C)CNCCCO)NBr. The van der Waals surface area contributed by atoms with E-state index in [9.17, 15) is 0 Å². The van der Waals surface area contributed by atoms with E-state index < -0.39 is 0 Å². The fraction of sp³-hybridized carbons (Fsp3) is 1.00. The summed E-state index contributed by atoms with van der Waals surface area (Å²) in [7, 11) is 1.67. The molecule has 17 heavy (non-hydrogen) atoms. The number of halogens is 1. The van der Waals surface area contributed by atoms with Crippen molar-refractivity contribution in [1.82, 2.24) is 9.66 Å². The van der Waals surface area contributed by atoms with E-state index >= 15 is 0 Å². The van der Waals surface area contributed by atoms with Crippen LogP contribution < -0.4 is 9.66 Å². The van der Waals surface area contributed by atoms with E-state index in [-0.39, 0.29) is 18.2 Å². The Morgan fingerprint density at radius 1 is 1.35 bits per heavy atom. The lowest BCUT2D eigenvalue weighted by Gasteiger charge is -2.28. The van der Waals surface area contributed by atoms with Crippen LogP contribution >= 0.6 is 16.1 Å². The van der Waals surface area contributed by atoms with Gasteiger partial charge in [-0.15, -0.1) is 0 Å². The van der Waals surface area contributed by atoms with E-state index in [1.165, 1.54) is 0 Å². The van der Waals surface area contributed by atoms with Crippen LogP contribution in [0.5, 0.6) is 0 Å². The second-order valence-electron chi connectivity index (χ2n) is 4.59. The lowest BCUT2D eigenvalue weighted by Crippen LogP contribution is -2.42. The fourth-order valence-electron chi connectivity index (χ4n) is 1.28. The second-order valence-corrected chi connectivity index (χ2v) is 5.04. The van der Waals surface area contributed by atoms with E-state index in [4.69, 9.17) is 14.6 Å². The van der Waals surface area contributed by atoms with Gasteiger partial charge in [0.1, 0.15) is 0 Å². The van der Waals surface area contributed by atoms with Crippen LogP contribution in [0.4, 0.5) is 0 Å². The molecule has 1 atom stereocenters. The number of hydrogen-bond acceptors (Lipinski definition) is 5. The van der Waals surface area contributed by atoms with Gasteiger partial charge in [0, 0.05) is 36.4 Å². The van der Waals surface area contributed by atoms with E-state index in [1.807, 2.05) is 13.8 Å². The van der Waals surface area contributed by atoms with E-state index in [0.29, 0.717) is 13.2 Å². The van der Waals surface area contributed by atoms with E-state index in [2.05, 4.69) is 25.8 Å². The van der Waals surface area contributed by atoms with Crippen LogP contribution in [0.25, 0.3) is 0 Å².